The van der Waals surface area contributed by atoms with E-state index in [1.807, 2.05) is 30.3 Å². The Labute approximate surface area is 161 Å². The van der Waals surface area contributed by atoms with E-state index in [0.29, 0.717) is 18.3 Å². The Kier molecular flexibility index (Phi) is 6.06. The summed E-state index contributed by atoms with van der Waals surface area (Å²) in [6, 6.07) is 14.4. The largest absolute Gasteiger partial charge is 0.496 e. The summed E-state index contributed by atoms with van der Waals surface area (Å²) in [6.07, 6.45) is 1.01. The van der Waals surface area contributed by atoms with E-state index in [-0.39, 0.29) is 6.04 Å². The Morgan fingerprint density at radius 1 is 1.19 bits per heavy atom. The molecule has 2 aromatic carbocycles. The van der Waals surface area contributed by atoms with E-state index in [1.54, 1.807) is 7.11 Å². The third-order valence-electron chi connectivity index (χ3n) is 4.32. The molecule has 0 spiro atoms. The maximum Gasteiger partial charge on any atom is 0.240 e. The van der Waals surface area contributed by atoms with Crippen LogP contribution in [0.2, 0.25) is 0 Å². The minimum Gasteiger partial charge on any atom is -0.496 e. The highest BCUT2D eigenvalue weighted by Crippen LogP contribution is 2.28. The molecule has 1 atom stereocenters. The van der Waals surface area contributed by atoms with Gasteiger partial charge in [0, 0.05) is 11.6 Å². The van der Waals surface area contributed by atoms with E-state index in [1.165, 1.54) is 5.56 Å². The number of methoxy groups -OCH3 is 1. The molecule has 1 N–H and O–H groups in total. The molecule has 3 aromatic rings. The zero-order valence-corrected chi connectivity index (χ0v) is 16.7. The molecule has 6 heteroatoms. The number of nitrogens with one attached hydrogen (secondary N) is 1. The fourth-order valence-electron chi connectivity index (χ4n) is 2.64. The number of rotatable bonds is 7. The van der Waals surface area contributed by atoms with Gasteiger partial charge in [-0.3, -0.25) is 0 Å². The van der Waals surface area contributed by atoms with Gasteiger partial charge in [0.2, 0.25) is 11.7 Å². The van der Waals surface area contributed by atoms with Crippen LogP contribution in [0.1, 0.15) is 36.9 Å². The van der Waals surface area contributed by atoms with Gasteiger partial charge in [0.25, 0.3) is 0 Å². The van der Waals surface area contributed by atoms with Gasteiger partial charge in [0.15, 0.2) is 0 Å². The van der Waals surface area contributed by atoms with E-state index in [2.05, 4.69) is 57.4 Å². The average Bonchev–Trinajstić information content (AvgIpc) is 3.15. The van der Waals surface area contributed by atoms with Crippen LogP contribution in [0.3, 0.4) is 0 Å². The summed E-state index contributed by atoms with van der Waals surface area (Å²) in [5.41, 5.74) is 3.40. The number of halogens is 1. The van der Waals surface area contributed by atoms with Gasteiger partial charge >= 0.3 is 0 Å². The van der Waals surface area contributed by atoms with E-state index in [0.717, 1.165) is 27.8 Å². The van der Waals surface area contributed by atoms with E-state index in [4.69, 9.17) is 9.26 Å². The van der Waals surface area contributed by atoms with Gasteiger partial charge in [0.1, 0.15) is 5.75 Å². The molecule has 0 bridgehead atoms. The Morgan fingerprint density at radius 2 is 1.96 bits per heavy atom. The van der Waals surface area contributed by atoms with Gasteiger partial charge in [-0.15, -0.1) is 0 Å². The number of hydrogen-bond acceptors (Lipinski definition) is 5. The number of aromatic nitrogens is 2. The molecule has 136 valence electrons. The Hall–Kier alpha value is -2.18. The Morgan fingerprint density at radius 3 is 2.62 bits per heavy atom. The number of nitrogens with zero attached hydrogens (tertiary/aromatic N) is 2. The first-order valence-electron chi connectivity index (χ1n) is 8.59. The zero-order valence-electron chi connectivity index (χ0n) is 15.1. The topological polar surface area (TPSA) is 60.2 Å². The second kappa shape index (κ2) is 8.47. The van der Waals surface area contributed by atoms with Crippen molar-refractivity contribution in [2.24, 2.45) is 0 Å². The third kappa shape index (κ3) is 4.31. The molecule has 26 heavy (non-hydrogen) atoms. The fourth-order valence-corrected chi connectivity index (χ4v) is 3.20. The molecule has 0 aliphatic heterocycles. The smallest absolute Gasteiger partial charge is 0.240 e. The van der Waals surface area contributed by atoms with Crippen molar-refractivity contribution in [1.29, 1.82) is 0 Å². The average molecular weight is 416 g/mol. The van der Waals surface area contributed by atoms with Crippen molar-refractivity contribution < 1.29 is 9.26 Å². The first-order valence-corrected chi connectivity index (χ1v) is 9.38. The van der Waals surface area contributed by atoms with Crippen molar-refractivity contribution in [3.8, 4) is 17.1 Å². The highest BCUT2D eigenvalue weighted by atomic mass is 79.9. The van der Waals surface area contributed by atoms with Gasteiger partial charge in [0.05, 0.1) is 18.1 Å². The second-order valence-corrected chi connectivity index (χ2v) is 6.91. The molecular weight excluding hydrogens is 394 g/mol. The predicted octanol–water partition coefficient (Wildman–Crippen LogP) is 4.92. The minimum atomic E-state index is 0.136. The lowest BCUT2D eigenvalue weighted by atomic mass is 10.1. The maximum atomic E-state index is 5.37. The zero-order chi connectivity index (χ0) is 18.5. The summed E-state index contributed by atoms with van der Waals surface area (Å²) in [5.74, 6) is 2.00. The van der Waals surface area contributed by atoms with Crippen molar-refractivity contribution in [2.75, 3.05) is 7.11 Å². The molecule has 1 heterocycles. The summed E-state index contributed by atoms with van der Waals surface area (Å²) in [7, 11) is 1.66. The molecule has 0 fully saturated rings. The number of ether oxygens (including phenoxy) is 1. The summed E-state index contributed by atoms with van der Waals surface area (Å²) in [4.78, 5) is 4.48. The molecule has 0 saturated carbocycles. The standard InChI is InChI=1S/C20H22BrN3O2/c1-4-14-5-7-15(8-6-14)20-23-19(26-24-20)12-22-13(2)16-9-10-18(25-3)17(21)11-16/h5-11,13,22H,4,12H2,1-3H3/t13-/m1/s1. The van der Waals surface area contributed by atoms with Crippen molar-refractivity contribution in [3.05, 3.63) is 64.0 Å². The van der Waals surface area contributed by atoms with Crippen LogP contribution in [-0.4, -0.2) is 17.3 Å². The lowest BCUT2D eigenvalue weighted by molar-refractivity contribution is 0.360. The summed E-state index contributed by atoms with van der Waals surface area (Å²) >= 11 is 3.52. The lowest BCUT2D eigenvalue weighted by Gasteiger charge is -2.14. The van der Waals surface area contributed by atoms with Gasteiger partial charge < -0.3 is 14.6 Å². The summed E-state index contributed by atoms with van der Waals surface area (Å²) in [5, 5.41) is 7.48. The van der Waals surface area contributed by atoms with Crippen LogP contribution >= 0.6 is 15.9 Å². The molecule has 1 aromatic heterocycles. The molecule has 5 nitrogen and oxygen atoms in total. The molecular formula is C20H22BrN3O2. The molecule has 0 aliphatic carbocycles. The Bertz CT molecular complexity index is 862. The van der Waals surface area contributed by atoms with Crippen LogP contribution in [0, 0.1) is 0 Å². The van der Waals surface area contributed by atoms with E-state index in [9.17, 15) is 0 Å². The third-order valence-corrected chi connectivity index (χ3v) is 4.94. The van der Waals surface area contributed by atoms with Crippen LogP contribution in [-0.2, 0) is 13.0 Å². The van der Waals surface area contributed by atoms with Crippen molar-refractivity contribution >= 4 is 15.9 Å². The van der Waals surface area contributed by atoms with Crippen molar-refractivity contribution in [1.82, 2.24) is 15.5 Å². The van der Waals surface area contributed by atoms with Crippen molar-refractivity contribution in [2.45, 2.75) is 32.9 Å². The van der Waals surface area contributed by atoms with Crippen LogP contribution in [0.15, 0.2) is 51.5 Å². The first kappa shape index (κ1) is 18.6. The number of hydrogen-bond donors (Lipinski definition) is 1. The monoisotopic (exact) mass is 415 g/mol. The molecule has 0 unspecified atom stereocenters. The molecule has 0 amide bonds. The van der Waals surface area contributed by atoms with Gasteiger partial charge in [-0.25, -0.2) is 0 Å². The normalized spacial score (nSPS) is 12.2. The van der Waals surface area contributed by atoms with E-state index >= 15 is 0 Å². The molecule has 0 saturated heterocycles. The highest BCUT2D eigenvalue weighted by molar-refractivity contribution is 9.10. The van der Waals surface area contributed by atoms with Crippen LogP contribution < -0.4 is 10.1 Å². The van der Waals surface area contributed by atoms with Crippen LogP contribution in [0.4, 0.5) is 0 Å². The van der Waals surface area contributed by atoms with Crippen molar-refractivity contribution in [3.63, 3.8) is 0 Å². The van der Waals surface area contributed by atoms with Gasteiger partial charge in [-0.2, -0.15) is 4.98 Å². The maximum absolute atomic E-state index is 5.37. The molecule has 0 aliphatic rings. The minimum absolute atomic E-state index is 0.136. The lowest BCUT2D eigenvalue weighted by Crippen LogP contribution is -2.18. The van der Waals surface area contributed by atoms with Gasteiger partial charge in [-0.1, -0.05) is 42.4 Å². The van der Waals surface area contributed by atoms with Crippen LogP contribution in [0.5, 0.6) is 5.75 Å². The number of benzene rings is 2. The summed E-state index contributed by atoms with van der Waals surface area (Å²) < 4.78 is 11.6. The fraction of sp³-hybridized carbons (Fsp3) is 0.300. The van der Waals surface area contributed by atoms with E-state index < -0.39 is 0 Å². The second-order valence-electron chi connectivity index (χ2n) is 6.06. The Balaban J connectivity index is 1.63. The predicted molar refractivity (Wildman–Crippen MR) is 105 cm³/mol. The summed E-state index contributed by atoms with van der Waals surface area (Å²) in [6.45, 7) is 4.73. The quantitative estimate of drug-likeness (QED) is 0.593. The van der Waals surface area contributed by atoms with Crippen LogP contribution in [0.25, 0.3) is 11.4 Å². The van der Waals surface area contributed by atoms with Gasteiger partial charge in [-0.05, 0) is 52.5 Å². The molecule has 3 rings (SSSR count). The first-order chi connectivity index (χ1) is 12.6. The molecule has 0 radical (unpaired) electrons. The highest BCUT2D eigenvalue weighted by Gasteiger charge is 2.12. The number of aryl methyl sites for hydroxylation is 1. The SMILES string of the molecule is CCc1ccc(-c2noc(CN[C@H](C)c3ccc(OC)c(Br)c3)n2)cc1.